The van der Waals surface area contributed by atoms with E-state index in [0.29, 0.717) is 5.92 Å². The average Bonchev–Trinajstić information content (AvgIpc) is 3.00. The molecule has 1 aliphatic heterocycles. The third-order valence-corrected chi connectivity index (χ3v) is 5.40. The summed E-state index contributed by atoms with van der Waals surface area (Å²) >= 11 is 1.67. The molecule has 1 amide bonds. The molecule has 0 unspecified atom stereocenters. The van der Waals surface area contributed by atoms with Crippen LogP contribution in [0.4, 0.5) is 0 Å². The normalized spacial score (nSPS) is 20.7. The van der Waals surface area contributed by atoms with E-state index in [1.807, 2.05) is 20.8 Å². The molecule has 23 heavy (non-hydrogen) atoms. The molecule has 0 aliphatic carbocycles. The van der Waals surface area contributed by atoms with Crippen LogP contribution in [0.1, 0.15) is 50.4 Å². The lowest BCUT2D eigenvalue weighted by Gasteiger charge is -2.32. The van der Waals surface area contributed by atoms with Gasteiger partial charge in [0.1, 0.15) is 11.1 Å². The fraction of sp³-hybridized carbons (Fsp3) is 0.765. The van der Waals surface area contributed by atoms with Crippen molar-refractivity contribution in [3.8, 4) is 0 Å². The molecule has 6 heteroatoms. The van der Waals surface area contributed by atoms with Crippen molar-refractivity contribution in [2.75, 3.05) is 26.7 Å². The van der Waals surface area contributed by atoms with E-state index in [1.54, 1.807) is 18.4 Å². The molecule has 1 fully saturated rings. The topological polar surface area (TPSA) is 54.5 Å². The van der Waals surface area contributed by atoms with Gasteiger partial charge < -0.3 is 10.1 Å². The second-order valence-corrected chi connectivity index (χ2v) is 7.59. The molecule has 0 bridgehead atoms. The van der Waals surface area contributed by atoms with Crippen molar-refractivity contribution in [2.45, 2.75) is 46.3 Å². The van der Waals surface area contributed by atoms with E-state index in [9.17, 15) is 4.79 Å². The van der Waals surface area contributed by atoms with Crippen LogP contribution in [-0.2, 0) is 16.1 Å². The van der Waals surface area contributed by atoms with Gasteiger partial charge in [0.2, 0.25) is 5.91 Å². The fourth-order valence-electron chi connectivity index (χ4n) is 2.82. The molecule has 1 aliphatic rings. The van der Waals surface area contributed by atoms with Crippen molar-refractivity contribution in [3.63, 3.8) is 0 Å². The first-order valence-corrected chi connectivity index (χ1v) is 9.34. The van der Waals surface area contributed by atoms with Gasteiger partial charge in [0.25, 0.3) is 0 Å². The first-order chi connectivity index (χ1) is 11.0. The summed E-state index contributed by atoms with van der Waals surface area (Å²) in [4.78, 5) is 18.8. The number of rotatable bonds is 7. The number of carbonyl (C=O) groups excluding carboxylic acids is 1. The quantitative estimate of drug-likeness (QED) is 0.830. The van der Waals surface area contributed by atoms with Gasteiger partial charge in [-0.25, -0.2) is 4.98 Å². The molecule has 5 nitrogen and oxygen atoms in total. The first-order valence-electron chi connectivity index (χ1n) is 8.46. The number of piperidine rings is 1. The Hall–Kier alpha value is -0.980. The first kappa shape index (κ1) is 18.4. The van der Waals surface area contributed by atoms with Crippen molar-refractivity contribution in [1.29, 1.82) is 0 Å². The SMILES string of the molecule is CO[C@H](C)c1nc(CN2CCC[C@H](CNC(=O)C(C)C)C2)cs1. The van der Waals surface area contributed by atoms with E-state index in [0.717, 1.165) is 36.9 Å². The third-order valence-electron chi connectivity index (χ3n) is 4.35. The van der Waals surface area contributed by atoms with Crippen molar-refractivity contribution in [1.82, 2.24) is 15.2 Å². The van der Waals surface area contributed by atoms with Crippen LogP contribution in [-0.4, -0.2) is 42.5 Å². The predicted octanol–water partition coefficient (Wildman–Crippen LogP) is 2.83. The number of nitrogens with one attached hydrogen (secondary N) is 1. The molecule has 1 saturated heterocycles. The van der Waals surface area contributed by atoms with Crippen LogP contribution >= 0.6 is 11.3 Å². The van der Waals surface area contributed by atoms with Crippen LogP contribution in [0.2, 0.25) is 0 Å². The van der Waals surface area contributed by atoms with Gasteiger partial charge in [-0.1, -0.05) is 13.8 Å². The lowest BCUT2D eigenvalue weighted by Crippen LogP contribution is -2.41. The summed E-state index contributed by atoms with van der Waals surface area (Å²) in [5, 5.41) is 6.24. The Kier molecular flexibility index (Phi) is 6.99. The zero-order valence-electron chi connectivity index (χ0n) is 14.7. The highest BCUT2D eigenvalue weighted by molar-refractivity contribution is 7.09. The van der Waals surface area contributed by atoms with E-state index in [1.165, 1.54) is 12.8 Å². The molecule has 0 spiro atoms. The van der Waals surface area contributed by atoms with Gasteiger partial charge >= 0.3 is 0 Å². The van der Waals surface area contributed by atoms with Crippen LogP contribution in [0.3, 0.4) is 0 Å². The van der Waals surface area contributed by atoms with Crippen molar-refractivity contribution < 1.29 is 9.53 Å². The zero-order valence-corrected chi connectivity index (χ0v) is 15.5. The van der Waals surface area contributed by atoms with Gasteiger partial charge in [0.15, 0.2) is 0 Å². The molecule has 1 aromatic rings. The summed E-state index contributed by atoms with van der Waals surface area (Å²) in [7, 11) is 1.71. The highest BCUT2D eigenvalue weighted by atomic mass is 32.1. The number of aromatic nitrogens is 1. The molecule has 0 radical (unpaired) electrons. The number of methoxy groups -OCH3 is 1. The summed E-state index contributed by atoms with van der Waals surface area (Å²) in [5.41, 5.74) is 1.13. The van der Waals surface area contributed by atoms with Gasteiger partial charge in [-0.05, 0) is 32.2 Å². The molecule has 130 valence electrons. The number of thiazole rings is 1. The number of ether oxygens (including phenoxy) is 1. The summed E-state index contributed by atoms with van der Waals surface area (Å²) in [6.45, 7) is 9.72. The Labute approximate surface area is 143 Å². The fourth-order valence-corrected chi connectivity index (χ4v) is 3.66. The Morgan fingerprint density at radius 1 is 1.52 bits per heavy atom. The molecular formula is C17H29N3O2S. The molecule has 1 N–H and O–H groups in total. The van der Waals surface area contributed by atoms with Crippen LogP contribution in [0.15, 0.2) is 5.38 Å². The minimum atomic E-state index is 0.0610. The van der Waals surface area contributed by atoms with Gasteiger partial charge in [0, 0.05) is 38.0 Å². The third kappa shape index (κ3) is 5.55. The van der Waals surface area contributed by atoms with E-state index in [4.69, 9.17) is 4.74 Å². The highest BCUT2D eigenvalue weighted by Gasteiger charge is 2.22. The van der Waals surface area contributed by atoms with Gasteiger partial charge in [-0.3, -0.25) is 9.69 Å². The number of hydrogen-bond donors (Lipinski definition) is 1. The van der Waals surface area contributed by atoms with E-state index >= 15 is 0 Å². The average molecular weight is 340 g/mol. The summed E-state index contributed by atoms with van der Waals surface area (Å²) < 4.78 is 5.32. The summed E-state index contributed by atoms with van der Waals surface area (Å²) in [6.07, 6.45) is 2.44. The summed E-state index contributed by atoms with van der Waals surface area (Å²) in [6, 6.07) is 0. The minimum absolute atomic E-state index is 0.0610. The largest absolute Gasteiger partial charge is 0.375 e. The molecule has 0 saturated carbocycles. The molecule has 2 heterocycles. The lowest BCUT2D eigenvalue weighted by molar-refractivity contribution is -0.124. The second-order valence-electron chi connectivity index (χ2n) is 6.70. The molecule has 0 aromatic carbocycles. The number of likely N-dealkylation sites (tertiary alicyclic amines) is 1. The monoisotopic (exact) mass is 339 g/mol. The lowest BCUT2D eigenvalue weighted by atomic mass is 9.97. The number of nitrogens with zero attached hydrogens (tertiary/aromatic N) is 2. The smallest absolute Gasteiger partial charge is 0.222 e. The van der Waals surface area contributed by atoms with Crippen LogP contribution in [0, 0.1) is 11.8 Å². The minimum Gasteiger partial charge on any atom is -0.375 e. The van der Waals surface area contributed by atoms with Crippen molar-refractivity contribution in [2.24, 2.45) is 11.8 Å². The molecular weight excluding hydrogens is 310 g/mol. The highest BCUT2D eigenvalue weighted by Crippen LogP contribution is 2.23. The van der Waals surface area contributed by atoms with Crippen LogP contribution < -0.4 is 5.32 Å². The maximum absolute atomic E-state index is 11.7. The number of carbonyl (C=O) groups is 1. The predicted molar refractivity (Wildman–Crippen MR) is 93.4 cm³/mol. The Morgan fingerprint density at radius 2 is 2.30 bits per heavy atom. The van der Waals surface area contributed by atoms with E-state index in [2.05, 4.69) is 20.6 Å². The Morgan fingerprint density at radius 3 is 3.00 bits per heavy atom. The molecule has 1 aromatic heterocycles. The number of amides is 1. The Balaban J connectivity index is 1.81. The van der Waals surface area contributed by atoms with Gasteiger partial charge in [0.05, 0.1) is 5.69 Å². The van der Waals surface area contributed by atoms with Crippen LogP contribution in [0.5, 0.6) is 0 Å². The zero-order chi connectivity index (χ0) is 16.8. The van der Waals surface area contributed by atoms with Gasteiger partial charge in [-0.2, -0.15) is 0 Å². The number of hydrogen-bond acceptors (Lipinski definition) is 5. The standard InChI is InChI=1S/C17H29N3O2S/c1-12(2)16(21)18-8-14-6-5-7-20(9-14)10-15-11-23-17(19-15)13(3)22-4/h11-14H,5-10H2,1-4H3,(H,18,21)/t13-,14-/m1/s1. The van der Waals surface area contributed by atoms with Gasteiger partial charge in [-0.15, -0.1) is 11.3 Å². The summed E-state index contributed by atoms with van der Waals surface area (Å²) in [5.74, 6) is 0.758. The molecule has 2 rings (SSSR count). The second kappa shape index (κ2) is 8.76. The van der Waals surface area contributed by atoms with Crippen LogP contribution in [0.25, 0.3) is 0 Å². The molecule has 2 atom stereocenters. The maximum atomic E-state index is 11.7. The van der Waals surface area contributed by atoms with E-state index in [-0.39, 0.29) is 17.9 Å². The maximum Gasteiger partial charge on any atom is 0.222 e. The van der Waals surface area contributed by atoms with Crippen molar-refractivity contribution >= 4 is 17.2 Å². The van der Waals surface area contributed by atoms with E-state index < -0.39 is 0 Å². The Bertz CT molecular complexity index is 504. The van der Waals surface area contributed by atoms with Crippen molar-refractivity contribution in [3.05, 3.63) is 16.1 Å².